The van der Waals surface area contributed by atoms with Crippen LogP contribution in [-0.2, 0) is 0 Å². The average molecular weight is 271 g/mol. The predicted octanol–water partition coefficient (Wildman–Crippen LogP) is 4.16. The molecule has 2 rings (SSSR count). The van der Waals surface area contributed by atoms with Crippen LogP contribution in [-0.4, -0.2) is 13.7 Å². The highest BCUT2D eigenvalue weighted by Crippen LogP contribution is 2.27. The summed E-state index contributed by atoms with van der Waals surface area (Å²) in [7, 11) is 1.95. The third kappa shape index (κ3) is 3.75. The lowest BCUT2D eigenvalue weighted by molar-refractivity contribution is 0.338. The van der Waals surface area contributed by atoms with E-state index in [1.165, 1.54) is 5.56 Å². The van der Waals surface area contributed by atoms with Crippen molar-refractivity contribution in [2.75, 3.05) is 13.7 Å². The van der Waals surface area contributed by atoms with E-state index in [2.05, 4.69) is 24.4 Å². The highest BCUT2D eigenvalue weighted by molar-refractivity contribution is 5.38. The third-order valence-corrected chi connectivity index (χ3v) is 3.14. The summed E-state index contributed by atoms with van der Waals surface area (Å²) in [6.07, 6.45) is 0. The number of rotatable bonds is 6. The number of nitrogens with one attached hydrogen (secondary N) is 1. The van der Waals surface area contributed by atoms with Gasteiger partial charge < -0.3 is 14.8 Å². The first kappa shape index (κ1) is 14.4. The molecule has 0 heterocycles. The van der Waals surface area contributed by atoms with Crippen LogP contribution >= 0.6 is 0 Å². The van der Waals surface area contributed by atoms with Crippen LogP contribution in [0.4, 0.5) is 0 Å². The molecular weight excluding hydrogens is 250 g/mol. The van der Waals surface area contributed by atoms with Crippen LogP contribution in [0.2, 0.25) is 0 Å². The SMILES string of the molecule is CCOc1cccc(Oc2cccc(C(C)NC)c2)c1. The first-order valence-electron chi connectivity index (χ1n) is 6.91. The van der Waals surface area contributed by atoms with Crippen LogP contribution in [0.1, 0.15) is 25.5 Å². The lowest BCUT2D eigenvalue weighted by atomic mass is 10.1. The molecule has 1 atom stereocenters. The molecule has 0 saturated carbocycles. The molecular formula is C17H21NO2. The van der Waals surface area contributed by atoms with Crippen LogP contribution in [0.25, 0.3) is 0 Å². The summed E-state index contributed by atoms with van der Waals surface area (Å²) in [5, 5.41) is 3.22. The summed E-state index contributed by atoms with van der Waals surface area (Å²) in [4.78, 5) is 0. The largest absolute Gasteiger partial charge is 0.494 e. The summed E-state index contributed by atoms with van der Waals surface area (Å²) in [5.74, 6) is 2.44. The van der Waals surface area contributed by atoms with E-state index in [4.69, 9.17) is 9.47 Å². The highest BCUT2D eigenvalue weighted by Gasteiger charge is 2.05. The number of ether oxygens (including phenoxy) is 2. The second-order valence-corrected chi connectivity index (χ2v) is 4.59. The topological polar surface area (TPSA) is 30.5 Å². The fraction of sp³-hybridized carbons (Fsp3) is 0.294. The Hall–Kier alpha value is -2.00. The van der Waals surface area contributed by atoms with E-state index in [-0.39, 0.29) is 0 Å². The zero-order valence-electron chi connectivity index (χ0n) is 12.2. The molecule has 0 bridgehead atoms. The van der Waals surface area contributed by atoms with Crippen molar-refractivity contribution in [2.45, 2.75) is 19.9 Å². The molecule has 0 aliphatic rings. The molecule has 0 amide bonds. The Bertz CT molecular complexity index is 554. The van der Waals surface area contributed by atoms with Crippen molar-refractivity contribution in [3.8, 4) is 17.2 Å². The van der Waals surface area contributed by atoms with E-state index in [9.17, 15) is 0 Å². The molecule has 1 unspecified atom stereocenters. The van der Waals surface area contributed by atoms with Gasteiger partial charge in [0.1, 0.15) is 17.2 Å². The Kier molecular flexibility index (Phi) is 5.02. The molecule has 0 aliphatic heterocycles. The van der Waals surface area contributed by atoms with E-state index in [0.29, 0.717) is 12.6 Å². The van der Waals surface area contributed by atoms with Crippen molar-refractivity contribution in [3.63, 3.8) is 0 Å². The Balaban J connectivity index is 2.15. The highest BCUT2D eigenvalue weighted by atomic mass is 16.5. The second kappa shape index (κ2) is 6.96. The van der Waals surface area contributed by atoms with E-state index in [0.717, 1.165) is 17.2 Å². The van der Waals surface area contributed by atoms with Gasteiger partial charge in [0, 0.05) is 12.1 Å². The number of benzene rings is 2. The zero-order chi connectivity index (χ0) is 14.4. The smallest absolute Gasteiger partial charge is 0.131 e. The van der Waals surface area contributed by atoms with Crippen molar-refractivity contribution in [1.29, 1.82) is 0 Å². The van der Waals surface area contributed by atoms with Crippen LogP contribution in [0.3, 0.4) is 0 Å². The summed E-state index contributed by atoms with van der Waals surface area (Å²) >= 11 is 0. The van der Waals surface area contributed by atoms with Gasteiger partial charge in [-0.25, -0.2) is 0 Å². The fourth-order valence-corrected chi connectivity index (χ4v) is 1.94. The molecule has 0 radical (unpaired) electrons. The Morgan fingerprint density at radius 2 is 1.65 bits per heavy atom. The second-order valence-electron chi connectivity index (χ2n) is 4.59. The van der Waals surface area contributed by atoms with Crippen LogP contribution in [0.5, 0.6) is 17.2 Å². The zero-order valence-corrected chi connectivity index (χ0v) is 12.2. The molecule has 106 valence electrons. The molecule has 20 heavy (non-hydrogen) atoms. The minimum absolute atomic E-state index is 0.299. The molecule has 3 heteroatoms. The Morgan fingerprint density at radius 1 is 1.00 bits per heavy atom. The van der Waals surface area contributed by atoms with Gasteiger partial charge in [0.25, 0.3) is 0 Å². The molecule has 2 aromatic carbocycles. The van der Waals surface area contributed by atoms with E-state index in [1.807, 2.05) is 50.4 Å². The van der Waals surface area contributed by atoms with Crippen molar-refractivity contribution in [2.24, 2.45) is 0 Å². The summed E-state index contributed by atoms with van der Waals surface area (Å²) < 4.78 is 11.4. The fourth-order valence-electron chi connectivity index (χ4n) is 1.94. The molecule has 1 N–H and O–H groups in total. The average Bonchev–Trinajstić information content (AvgIpc) is 2.47. The molecule has 0 spiro atoms. The van der Waals surface area contributed by atoms with Gasteiger partial charge in [-0.3, -0.25) is 0 Å². The van der Waals surface area contributed by atoms with Gasteiger partial charge in [-0.05, 0) is 50.7 Å². The maximum atomic E-state index is 5.89. The van der Waals surface area contributed by atoms with E-state index in [1.54, 1.807) is 0 Å². The molecule has 2 aromatic rings. The lowest BCUT2D eigenvalue weighted by Crippen LogP contribution is -2.11. The maximum absolute atomic E-state index is 5.89. The molecule has 0 aromatic heterocycles. The van der Waals surface area contributed by atoms with Crippen LogP contribution in [0.15, 0.2) is 48.5 Å². The maximum Gasteiger partial charge on any atom is 0.131 e. The van der Waals surface area contributed by atoms with Crippen molar-refractivity contribution >= 4 is 0 Å². The van der Waals surface area contributed by atoms with E-state index < -0.39 is 0 Å². The van der Waals surface area contributed by atoms with Gasteiger partial charge in [-0.15, -0.1) is 0 Å². The lowest BCUT2D eigenvalue weighted by Gasteiger charge is -2.13. The van der Waals surface area contributed by atoms with Gasteiger partial charge >= 0.3 is 0 Å². The molecule has 0 saturated heterocycles. The molecule has 0 fully saturated rings. The van der Waals surface area contributed by atoms with Crippen molar-refractivity contribution in [3.05, 3.63) is 54.1 Å². The van der Waals surface area contributed by atoms with Gasteiger partial charge in [0.2, 0.25) is 0 Å². The molecule has 3 nitrogen and oxygen atoms in total. The van der Waals surface area contributed by atoms with Crippen molar-refractivity contribution in [1.82, 2.24) is 5.32 Å². The third-order valence-electron chi connectivity index (χ3n) is 3.14. The number of hydrogen-bond acceptors (Lipinski definition) is 3. The predicted molar refractivity (Wildman–Crippen MR) is 81.6 cm³/mol. The van der Waals surface area contributed by atoms with Gasteiger partial charge in [-0.2, -0.15) is 0 Å². The summed E-state index contributed by atoms with van der Waals surface area (Å²) in [5.41, 5.74) is 1.20. The summed E-state index contributed by atoms with van der Waals surface area (Å²) in [6, 6.07) is 16.1. The Morgan fingerprint density at radius 3 is 2.35 bits per heavy atom. The van der Waals surface area contributed by atoms with Crippen molar-refractivity contribution < 1.29 is 9.47 Å². The standard InChI is InChI=1S/C17H21NO2/c1-4-19-15-8-6-10-17(12-15)20-16-9-5-7-14(11-16)13(2)18-3/h5-13,18H,4H2,1-3H3. The van der Waals surface area contributed by atoms with E-state index >= 15 is 0 Å². The Labute approximate surface area is 120 Å². The quantitative estimate of drug-likeness (QED) is 0.855. The monoisotopic (exact) mass is 271 g/mol. The first-order chi connectivity index (χ1) is 9.72. The van der Waals surface area contributed by atoms with Gasteiger partial charge in [0.15, 0.2) is 0 Å². The minimum atomic E-state index is 0.299. The molecule has 0 aliphatic carbocycles. The number of hydrogen-bond donors (Lipinski definition) is 1. The van der Waals surface area contributed by atoms with Crippen LogP contribution < -0.4 is 14.8 Å². The normalized spacial score (nSPS) is 11.9. The summed E-state index contributed by atoms with van der Waals surface area (Å²) in [6.45, 7) is 4.74. The minimum Gasteiger partial charge on any atom is -0.494 e. The van der Waals surface area contributed by atoms with Crippen LogP contribution in [0, 0.1) is 0 Å². The first-order valence-corrected chi connectivity index (χ1v) is 6.91. The van der Waals surface area contributed by atoms with Gasteiger partial charge in [0.05, 0.1) is 6.61 Å². The van der Waals surface area contributed by atoms with Gasteiger partial charge in [-0.1, -0.05) is 18.2 Å².